The van der Waals surface area contributed by atoms with E-state index in [1.54, 1.807) is 0 Å². The maximum absolute atomic E-state index is 11.8. The first kappa shape index (κ1) is 13.6. The minimum absolute atomic E-state index is 0.132. The molecule has 2 aliphatic carbocycles. The molecule has 0 unspecified atom stereocenters. The molecule has 1 saturated carbocycles. The summed E-state index contributed by atoms with van der Waals surface area (Å²) in [7, 11) is 0. The average molecular weight is 252 g/mol. The molecule has 0 aliphatic heterocycles. The van der Waals surface area contributed by atoms with Crippen LogP contribution in [0.5, 0.6) is 0 Å². The van der Waals surface area contributed by atoms with Crippen LogP contribution < -0.4 is 0 Å². The van der Waals surface area contributed by atoms with Crippen LogP contribution in [0.2, 0.25) is 0 Å². The van der Waals surface area contributed by atoms with Crippen molar-refractivity contribution in [1.82, 2.24) is 0 Å². The predicted molar refractivity (Wildman–Crippen MR) is 70.2 cm³/mol. The molecule has 2 rings (SSSR count). The Hall–Kier alpha value is -0.830. The number of fused-ring (bicyclic) bond motifs is 1. The van der Waals surface area contributed by atoms with Crippen molar-refractivity contribution in [3.8, 4) is 0 Å². The Balaban J connectivity index is 2.00. The Bertz CT molecular complexity index is 331. The van der Waals surface area contributed by atoms with E-state index in [-0.39, 0.29) is 12.1 Å². The highest BCUT2D eigenvalue weighted by Crippen LogP contribution is 2.50. The highest BCUT2D eigenvalue weighted by Gasteiger charge is 2.47. The van der Waals surface area contributed by atoms with Gasteiger partial charge in [0, 0.05) is 5.57 Å². The van der Waals surface area contributed by atoms with Gasteiger partial charge in [-0.15, -0.1) is 0 Å². The van der Waals surface area contributed by atoms with Gasteiger partial charge >= 0.3 is 5.97 Å². The van der Waals surface area contributed by atoms with E-state index in [4.69, 9.17) is 9.47 Å². The highest BCUT2D eigenvalue weighted by molar-refractivity contribution is 5.89. The molecule has 0 bridgehead atoms. The molecule has 102 valence electrons. The first-order valence-corrected chi connectivity index (χ1v) is 7.22. The Morgan fingerprint density at radius 3 is 2.72 bits per heavy atom. The summed E-state index contributed by atoms with van der Waals surface area (Å²) in [5.74, 6) is 1.14. The van der Waals surface area contributed by atoms with Gasteiger partial charge in [0.1, 0.15) is 0 Å². The molecule has 0 spiro atoms. The van der Waals surface area contributed by atoms with Crippen molar-refractivity contribution in [1.29, 1.82) is 0 Å². The van der Waals surface area contributed by atoms with E-state index in [2.05, 4.69) is 13.8 Å². The van der Waals surface area contributed by atoms with Crippen molar-refractivity contribution in [2.24, 2.45) is 11.8 Å². The van der Waals surface area contributed by atoms with E-state index in [0.29, 0.717) is 24.5 Å². The third-order valence-electron chi connectivity index (χ3n) is 4.04. The average Bonchev–Trinajstić information content (AvgIpc) is 3.15. The summed E-state index contributed by atoms with van der Waals surface area (Å²) < 4.78 is 11.2. The Morgan fingerprint density at radius 2 is 2.11 bits per heavy atom. The summed E-state index contributed by atoms with van der Waals surface area (Å²) in [6.07, 6.45) is 6.61. The smallest absolute Gasteiger partial charge is 0.333 e. The Morgan fingerprint density at radius 1 is 1.39 bits per heavy atom. The van der Waals surface area contributed by atoms with Crippen LogP contribution in [0, 0.1) is 11.8 Å². The van der Waals surface area contributed by atoms with Gasteiger partial charge in [-0.25, -0.2) is 4.79 Å². The van der Waals surface area contributed by atoms with E-state index in [0.717, 1.165) is 24.8 Å². The van der Waals surface area contributed by atoms with Crippen molar-refractivity contribution in [3.63, 3.8) is 0 Å². The highest BCUT2D eigenvalue weighted by atomic mass is 16.5. The number of hydrogen-bond acceptors (Lipinski definition) is 3. The molecule has 0 aromatic rings. The molecule has 0 amide bonds. The molecule has 3 heteroatoms. The lowest BCUT2D eigenvalue weighted by molar-refractivity contribution is -0.139. The third kappa shape index (κ3) is 2.94. The number of hydrogen-bond donors (Lipinski definition) is 0. The number of carbonyl (C=O) groups is 1. The lowest BCUT2D eigenvalue weighted by Crippen LogP contribution is -2.26. The fourth-order valence-corrected chi connectivity index (χ4v) is 2.80. The maximum Gasteiger partial charge on any atom is 0.333 e. The lowest BCUT2D eigenvalue weighted by atomic mass is 9.97. The standard InChI is InChI=1S/C15H24O3/c1-4-12(5-2)18-14-9-11(15(16)17-6-3)7-10-8-13(10)14/h9-10,12-14H,4-8H2,1-3H3/t10-,13+,14-/m1/s1. The second-order valence-electron chi connectivity index (χ2n) is 5.32. The zero-order valence-electron chi connectivity index (χ0n) is 11.6. The molecule has 0 heterocycles. The van der Waals surface area contributed by atoms with Gasteiger partial charge < -0.3 is 9.47 Å². The van der Waals surface area contributed by atoms with E-state index < -0.39 is 0 Å². The predicted octanol–water partition coefficient (Wildman–Crippen LogP) is 3.09. The lowest BCUT2D eigenvalue weighted by Gasteiger charge is -2.25. The van der Waals surface area contributed by atoms with E-state index in [9.17, 15) is 4.79 Å². The van der Waals surface area contributed by atoms with Gasteiger partial charge in [-0.2, -0.15) is 0 Å². The molecule has 18 heavy (non-hydrogen) atoms. The van der Waals surface area contributed by atoms with Crippen molar-refractivity contribution in [2.45, 2.75) is 58.7 Å². The van der Waals surface area contributed by atoms with Gasteiger partial charge in [0.05, 0.1) is 18.8 Å². The first-order valence-electron chi connectivity index (χ1n) is 7.22. The van der Waals surface area contributed by atoms with E-state index in [1.165, 1.54) is 6.42 Å². The molecule has 3 atom stereocenters. The minimum atomic E-state index is -0.152. The molecule has 2 aliphatic rings. The van der Waals surface area contributed by atoms with Crippen LogP contribution in [0.3, 0.4) is 0 Å². The van der Waals surface area contributed by atoms with Crippen LogP contribution in [-0.4, -0.2) is 24.8 Å². The Labute approximate surface area is 110 Å². The number of esters is 1. The second kappa shape index (κ2) is 5.87. The number of carbonyl (C=O) groups excluding carboxylic acids is 1. The van der Waals surface area contributed by atoms with Crippen molar-refractivity contribution < 1.29 is 14.3 Å². The van der Waals surface area contributed by atoms with Crippen LogP contribution >= 0.6 is 0 Å². The van der Waals surface area contributed by atoms with Gasteiger partial charge in [0.2, 0.25) is 0 Å². The molecule has 0 radical (unpaired) electrons. The second-order valence-corrected chi connectivity index (χ2v) is 5.32. The zero-order valence-corrected chi connectivity index (χ0v) is 11.6. The van der Waals surface area contributed by atoms with Crippen molar-refractivity contribution in [3.05, 3.63) is 11.6 Å². The molecule has 0 saturated heterocycles. The maximum atomic E-state index is 11.8. The Kier molecular flexibility index (Phi) is 4.44. The van der Waals surface area contributed by atoms with Gasteiger partial charge in [-0.1, -0.05) is 13.8 Å². The SMILES string of the molecule is CCOC(=O)C1=C[C@@H](OC(CC)CC)[C@H]2C[C@H]2C1. The first-order chi connectivity index (χ1) is 8.69. The van der Waals surface area contributed by atoms with Gasteiger partial charge in [-0.05, 0) is 50.5 Å². The molecular formula is C15H24O3. The van der Waals surface area contributed by atoms with Crippen LogP contribution in [0.1, 0.15) is 46.5 Å². The van der Waals surface area contributed by atoms with Gasteiger partial charge in [0.25, 0.3) is 0 Å². The molecule has 1 fully saturated rings. The monoisotopic (exact) mass is 252 g/mol. The topological polar surface area (TPSA) is 35.5 Å². The molecule has 3 nitrogen and oxygen atoms in total. The molecule has 0 aromatic heterocycles. The molecule has 0 aromatic carbocycles. The van der Waals surface area contributed by atoms with Crippen LogP contribution in [0.25, 0.3) is 0 Å². The number of rotatable bonds is 6. The number of ether oxygens (including phenoxy) is 2. The summed E-state index contributed by atoms with van der Waals surface area (Å²) in [4.78, 5) is 11.8. The van der Waals surface area contributed by atoms with Gasteiger partial charge in [0.15, 0.2) is 0 Å². The summed E-state index contributed by atoms with van der Waals surface area (Å²) in [5, 5.41) is 0. The summed E-state index contributed by atoms with van der Waals surface area (Å²) in [6.45, 7) is 6.59. The largest absolute Gasteiger partial charge is 0.463 e. The van der Waals surface area contributed by atoms with Gasteiger partial charge in [-0.3, -0.25) is 0 Å². The van der Waals surface area contributed by atoms with Crippen LogP contribution in [-0.2, 0) is 14.3 Å². The summed E-state index contributed by atoms with van der Waals surface area (Å²) in [6, 6.07) is 0. The fourth-order valence-electron chi connectivity index (χ4n) is 2.80. The van der Waals surface area contributed by atoms with Crippen LogP contribution in [0.15, 0.2) is 11.6 Å². The fraction of sp³-hybridized carbons (Fsp3) is 0.800. The minimum Gasteiger partial charge on any atom is -0.463 e. The summed E-state index contributed by atoms with van der Waals surface area (Å²) >= 11 is 0. The third-order valence-corrected chi connectivity index (χ3v) is 4.04. The summed E-state index contributed by atoms with van der Waals surface area (Å²) in [5.41, 5.74) is 0.826. The normalized spacial score (nSPS) is 29.8. The van der Waals surface area contributed by atoms with Crippen LogP contribution in [0.4, 0.5) is 0 Å². The van der Waals surface area contributed by atoms with E-state index in [1.807, 2.05) is 13.0 Å². The molecular weight excluding hydrogens is 228 g/mol. The molecule has 0 N–H and O–H groups in total. The zero-order chi connectivity index (χ0) is 13.1. The quantitative estimate of drug-likeness (QED) is 0.681. The van der Waals surface area contributed by atoms with Crippen molar-refractivity contribution >= 4 is 5.97 Å². The van der Waals surface area contributed by atoms with Crippen molar-refractivity contribution in [2.75, 3.05) is 6.61 Å². The van der Waals surface area contributed by atoms with E-state index >= 15 is 0 Å².